The van der Waals surface area contributed by atoms with Gasteiger partial charge in [0, 0.05) is 29.4 Å². The van der Waals surface area contributed by atoms with E-state index in [0.717, 1.165) is 33.5 Å². The van der Waals surface area contributed by atoms with Crippen molar-refractivity contribution in [3.63, 3.8) is 0 Å². The second-order valence-electron chi connectivity index (χ2n) is 8.15. The molecule has 0 aromatic heterocycles. The van der Waals surface area contributed by atoms with Gasteiger partial charge in [0.15, 0.2) is 17.3 Å². The molecule has 0 radical (unpaired) electrons. The monoisotopic (exact) mass is 499 g/mol. The van der Waals surface area contributed by atoms with E-state index in [9.17, 15) is 14.4 Å². The summed E-state index contributed by atoms with van der Waals surface area (Å²) in [6, 6.07) is 25.9. The van der Waals surface area contributed by atoms with E-state index >= 15 is 0 Å². The topological polar surface area (TPSA) is 81.7 Å². The lowest BCUT2D eigenvalue weighted by atomic mass is 10.0. The predicted molar refractivity (Wildman–Crippen MR) is 149 cm³/mol. The molecule has 0 amide bonds. The minimum Gasteiger partial charge on any atom is -0.497 e. The molecule has 0 saturated heterocycles. The van der Waals surface area contributed by atoms with Crippen molar-refractivity contribution in [2.24, 2.45) is 0 Å². The number of hydrogen-bond acceptors (Lipinski definition) is 6. The minimum atomic E-state index is 0.0186. The van der Waals surface area contributed by atoms with Gasteiger partial charge in [-0.15, -0.1) is 0 Å². The Kier molecular flexibility index (Phi) is 11.0. The van der Waals surface area contributed by atoms with Crippen LogP contribution >= 0.6 is 0 Å². The number of anilines is 1. The maximum Gasteiger partial charge on any atom is 0.159 e. The third kappa shape index (κ3) is 8.93. The first-order chi connectivity index (χ1) is 17.7. The Bertz CT molecular complexity index is 1290. The van der Waals surface area contributed by atoms with Crippen molar-refractivity contribution >= 4 is 33.8 Å². The summed E-state index contributed by atoms with van der Waals surface area (Å²) in [7, 11) is 5.20. The van der Waals surface area contributed by atoms with Gasteiger partial charge in [-0.25, -0.2) is 0 Å². The lowest BCUT2D eigenvalue weighted by Gasteiger charge is -2.03. The van der Waals surface area contributed by atoms with Crippen LogP contribution in [0.5, 0.6) is 11.5 Å². The summed E-state index contributed by atoms with van der Waals surface area (Å²) in [6.45, 7) is 4.58. The predicted octanol–water partition coefficient (Wildman–Crippen LogP) is 6.88. The smallest absolute Gasteiger partial charge is 0.159 e. The highest BCUT2D eigenvalue weighted by molar-refractivity contribution is 5.99. The molecule has 0 aliphatic carbocycles. The maximum absolute atomic E-state index is 11.2. The average Bonchev–Trinajstić information content (AvgIpc) is 2.93. The minimum absolute atomic E-state index is 0.0186. The molecule has 0 bridgehead atoms. The Morgan fingerprint density at radius 2 is 0.946 bits per heavy atom. The van der Waals surface area contributed by atoms with E-state index in [2.05, 4.69) is 5.32 Å². The molecule has 0 aliphatic heterocycles. The second-order valence-corrected chi connectivity index (χ2v) is 8.15. The number of hydrogen-bond donors (Lipinski definition) is 1. The highest BCUT2D eigenvalue weighted by atomic mass is 16.5. The molecule has 0 aliphatic rings. The summed E-state index contributed by atoms with van der Waals surface area (Å²) >= 11 is 0. The molecule has 0 heterocycles. The quantitative estimate of drug-likeness (QED) is 0.291. The van der Waals surface area contributed by atoms with Crippen LogP contribution in [0.4, 0.5) is 5.69 Å². The van der Waals surface area contributed by atoms with E-state index in [4.69, 9.17) is 9.47 Å². The van der Waals surface area contributed by atoms with Gasteiger partial charge in [0.05, 0.1) is 14.2 Å². The molecule has 0 fully saturated rings. The second kappa shape index (κ2) is 14.2. The van der Waals surface area contributed by atoms with Crippen LogP contribution in [0.15, 0.2) is 84.9 Å². The molecule has 1 N–H and O–H groups in total. The van der Waals surface area contributed by atoms with Crippen molar-refractivity contribution in [3.05, 3.63) is 102 Å². The third-order valence-electron chi connectivity index (χ3n) is 5.53. The number of fused-ring (bicyclic) bond motifs is 1. The number of carbonyl (C=O) groups is 3. The third-order valence-corrected chi connectivity index (χ3v) is 5.53. The van der Waals surface area contributed by atoms with Gasteiger partial charge in [-0.1, -0.05) is 42.5 Å². The number of ketones is 3. The molecule has 6 nitrogen and oxygen atoms in total. The molecule has 37 heavy (non-hydrogen) atoms. The molecule has 0 saturated carbocycles. The summed E-state index contributed by atoms with van der Waals surface area (Å²) in [5.41, 5.74) is 3.12. The van der Waals surface area contributed by atoms with Gasteiger partial charge >= 0.3 is 0 Å². The zero-order valence-corrected chi connectivity index (χ0v) is 22.1. The zero-order chi connectivity index (χ0) is 27.4. The molecule has 0 atom stereocenters. The van der Waals surface area contributed by atoms with Crippen molar-refractivity contribution in [1.82, 2.24) is 0 Å². The van der Waals surface area contributed by atoms with E-state index in [1.165, 1.54) is 13.8 Å². The molecule has 6 heteroatoms. The first-order valence-electron chi connectivity index (χ1n) is 11.7. The maximum atomic E-state index is 11.2. The fourth-order valence-electron chi connectivity index (χ4n) is 3.27. The van der Waals surface area contributed by atoms with Crippen LogP contribution in [0.3, 0.4) is 0 Å². The number of methoxy groups -OCH3 is 2. The summed E-state index contributed by atoms with van der Waals surface area (Å²) in [4.78, 5) is 32.9. The molecule has 4 rings (SSSR count). The van der Waals surface area contributed by atoms with E-state index in [-0.39, 0.29) is 17.3 Å². The first kappa shape index (κ1) is 28.8. The Balaban J connectivity index is 0.000000200. The number of rotatable bonds is 6. The standard InChI is InChI=1S/C13H12O2.C10H10O2.C8H11NO/c1-9(14)10-3-4-12-8-13(15-2)6-5-11(12)7-10;1-7(11)9-3-5-10(6-4-9)8(2)12;1-9-7-3-5-8(10-2)6-4-7/h3-8H,1-2H3;3-6H,1-2H3;3-6,9H,1-2H3. The van der Waals surface area contributed by atoms with Crippen LogP contribution in [0.25, 0.3) is 10.8 Å². The van der Waals surface area contributed by atoms with Crippen molar-refractivity contribution in [1.29, 1.82) is 0 Å². The van der Waals surface area contributed by atoms with Crippen molar-refractivity contribution in [3.8, 4) is 11.5 Å². The van der Waals surface area contributed by atoms with Crippen molar-refractivity contribution in [2.75, 3.05) is 26.6 Å². The summed E-state index contributed by atoms with van der Waals surface area (Å²) in [6.07, 6.45) is 0. The molecule has 4 aromatic rings. The van der Waals surface area contributed by atoms with Crippen LogP contribution < -0.4 is 14.8 Å². The number of carbonyl (C=O) groups excluding carboxylic acids is 3. The van der Waals surface area contributed by atoms with Gasteiger partial charge in [0.1, 0.15) is 11.5 Å². The van der Waals surface area contributed by atoms with Crippen LogP contribution in [-0.2, 0) is 0 Å². The molecule has 4 aromatic carbocycles. The Morgan fingerprint density at radius 3 is 1.38 bits per heavy atom. The normalized spacial score (nSPS) is 9.68. The fraction of sp³-hybridized carbons (Fsp3) is 0.194. The summed E-state index contributed by atoms with van der Waals surface area (Å²) in [5.74, 6) is 1.85. The lowest BCUT2D eigenvalue weighted by molar-refractivity contribution is 0.100. The highest BCUT2D eigenvalue weighted by Gasteiger charge is 2.02. The summed E-state index contributed by atoms with van der Waals surface area (Å²) < 4.78 is 10.1. The SMILES string of the molecule is CC(=O)c1ccc(C(C)=O)cc1.CNc1ccc(OC)cc1.COc1ccc2cc(C(C)=O)ccc2c1. The van der Waals surface area contributed by atoms with Gasteiger partial charge in [-0.05, 0) is 74.0 Å². The number of Topliss-reactive ketones (excluding diaryl/α,β-unsaturated/α-hetero) is 3. The van der Waals surface area contributed by atoms with E-state index < -0.39 is 0 Å². The average molecular weight is 500 g/mol. The zero-order valence-electron chi connectivity index (χ0n) is 22.1. The van der Waals surface area contributed by atoms with Crippen molar-refractivity contribution < 1.29 is 23.9 Å². The van der Waals surface area contributed by atoms with E-state index in [1.807, 2.05) is 67.7 Å². The van der Waals surface area contributed by atoms with Crippen LogP contribution in [-0.4, -0.2) is 38.6 Å². The Labute approximate surface area is 218 Å². The lowest BCUT2D eigenvalue weighted by Crippen LogP contribution is -1.95. The van der Waals surface area contributed by atoms with Crippen LogP contribution in [0, 0.1) is 0 Å². The van der Waals surface area contributed by atoms with E-state index in [1.54, 1.807) is 45.4 Å². The number of ether oxygens (including phenoxy) is 2. The molecule has 192 valence electrons. The number of benzene rings is 4. The van der Waals surface area contributed by atoms with Gasteiger partial charge in [0.25, 0.3) is 0 Å². The Morgan fingerprint density at radius 1 is 0.541 bits per heavy atom. The molecular weight excluding hydrogens is 466 g/mol. The van der Waals surface area contributed by atoms with Crippen LogP contribution in [0.1, 0.15) is 51.8 Å². The molecular formula is C31H33NO5. The van der Waals surface area contributed by atoms with Gasteiger partial charge in [-0.3, -0.25) is 14.4 Å². The summed E-state index contributed by atoms with van der Waals surface area (Å²) in [5, 5.41) is 5.16. The van der Waals surface area contributed by atoms with Gasteiger partial charge < -0.3 is 14.8 Å². The largest absolute Gasteiger partial charge is 0.497 e. The molecule has 0 unspecified atom stereocenters. The first-order valence-corrected chi connectivity index (χ1v) is 11.7. The number of nitrogens with one attached hydrogen (secondary N) is 1. The Hall–Kier alpha value is -4.45. The highest BCUT2D eigenvalue weighted by Crippen LogP contribution is 2.22. The fourth-order valence-corrected chi connectivity index (χ4v) is 3.27. The molecule has 0 spiro atoms. The van der Waals surface area contributed by atoms with E-state index in [0.29, 0.717) is 11.1 Å². The van der Waals surface area contributed by atoms with Gasteiger partial charge in [0.2, 0.25) is 0 Å². The van der Waals surface area contributed by atoms with Crippen LogP contribution in [0.2, 0.25) is 0 Å². The van der Waals surface area contributed by atoms with Crippen molar-refractivity contribution in [2.45, 2.75) is 20.8 Å². The van der Waals surface area contributed by atoms with Gasteiger partial charge in [-0.2, -0.15) is 0 Å².